The Balaban J connectivity index is 1.28. The van der Waals surface area contributed by atoms with Crippen molar-refractivity contribution in [1.82, 2.24) is 20.2 Å². The summed E-state index contributed by atoms with van der Waals surface area (Å²) in [6.45, 7) is 6.19. The van der Waals surface area contributed by atoms with E-state index in [4.69, 9.17) is 16.1 Å². The van der Waals surface area contributed by atoms with Crippen LogP contribution < -0.4 is 15.0 Å². The Morgan fingerprint density at radius 2 is 1.77 bits per heavy atom. The fourth-order valence-electron chi connectivity index (χ4n) is 8.23. The molecule has 4 saturated heterocycles. The number of aromatic hydroxyl groups is 1. The molecule has 0 amide bonds. The number of phenolic OH excluding ortho intramolecular Hbond substituents is 1. The normalized spacial score (nSPS) is 20.6. The second kappa shape index (κ2) is 10.3. The van der Waals surface area contributed by atoms with E-state index in [9.17, 15) is 9.50 Å². The van der Waals surface area contributed by atoms with Gasteiger partial charge in [0.05, 0.1) is 11.1 Å². The zero-order chi connectivity index (χ0) is 30.1. The predicted molar refractivity (Wildman–Crippen MR) is 167 cm³/mol. The number of anilines is 1. The van der Waals surface area contributed by atoms with Gasteiger partial charge in [0, 0.05) is 47.9 Å². The van der Waals surface area contributed by atoms with E-state index in [1.54, 1.807) is 6.07 Å². The van der Waals surface area contributed by atoms with Gasteiger partial charge in [-0.15, -0.1) is 6.42 Å². The topological polar surface area (TPSA) is 73.8 Å². The Morgan fingerprint density at radius 3 is 2.52 bits per heavy atom. The lowest BCUT2D eigenvalue weighted by molar-refractivity contribution is 0.107. The van der Waals surface area contributed by atoms with Gasteiger partial charge in [0.2, 0.25) is 0 Å². The van der Waals surface area contributed by atoms with Gasteiger partial charge in [0.1, 0.15) is 29.5 Å². The molecule has 0 radical (unpaired) electrons. The molecule has 5 heterocycles. The van der Waals surface area contributed by atoms with Crippen LogP contribution in [0.15, 0.2) is 36.4 Å². The quantitative estimate of drug-likeness (QED) is 0.291. The average molecular weight is 596 g/mol. The summed E-state index contributed by atoms with van der Waals surface area (Å²) in [5, 5.41) is 15.5. The molecule has 44 heavy (non-hydrogen) atoms. The first kappa shape index (κ1) is 27.5. The molecule has 226 valence electrons. The standard InChI is InChI=1S/C35H35F2N5O2/c1-2-24-28(36)9-6-22-16-23(43)17-27(29(22)24)25-7-8-26-31(30(25)37)39-33(44-21-35-11-4-14-42(35)15-5-12-35)40-32(26)41-13-3-10-34(20-41)18-38-19-34/h1,6-9,16-17,38,43H,3-5,10-15,18-21H2. The molecule has 3 aromatic carbocycles. The van der Waals surface area contributed by atoms with E-state index in [2.05, 4.69) is 26.0 Å². The van der Waals surface area contributed by atoms with E-state index in [1.165, 1.54) is 24.3 Å². The minimum absolute atomic E-state index is 0.0121. The maximum absolute atomic E-state index is 16.9. The summed E-state index contributed by atoms with van der Waals surface area (Å²) in [6, 6.07) is 9.38. The van der Waals surface area contributed by atoms with E-state index < -0.39 is 11.6 Å². The summed E-state index contributed by atoms with van der Waals surface area (Å²) < 4.78 is 38.1. The number of ether oxygens (including phenoxy) is 1. The minimum Gasteiger partial charge on any atom is -0.508 e. The molecule has 2 N–H and O–H groups in total. The zero-order valence-corrected chi connectivity index (χ0v) is 24.6. The van der Waals surface area contributed by atoms with Crippen molar-refractivity contribution in [3.05, 3.63) is 53.6 Å². The monoisotopic (exact) mass is 595 g/mol. The van der Waals surface area contributed by atoms with Crippen molar-refractivity contribution in [2.75, 3.05) is 50.8 Å². The Kier molecular flexibility index (Phi) is 6.44. The fourth-order valence-corrected chi connectivity index (χ4v) is 8.23. The van der Waals surface area contributed by atoms with E-state index >= 15 is 4.39 Å². The molecule has 0 bridgehead atoms. The van der Waals surface area contributed by atoms with Crippen molar-refractivity contribution < 1.29 is 18.6 Å². The predicted octanol–water partition coefficient (Wildman–Crippen LogP) is 5.61. The van der Waals surface area contributed by atoms with Crippen LogP contribution in [0.2, 0.25) is 0 Å². The van der Waals surface area contributed by atoms with Crippen LogP contribution in [0.1, 0.15) is 44.1 Å². The summed E-state index contributed by atoms with van der Waals surface area (Å²) in [6.07, 6.45) is 12.3. The molecule has 8 rings (SSSR count). The van der Waals surface area contributed by atoms with Gasteiger partial charge in [-0.3, -0.25) is 4.90 Å². The molecule has 4 aromatic rings. The fraction of sp³-hybridized carbons (Fsp3) is 0.429. The van der Waals surface area contributed by atoms with Crippen LogP contribution in [0.5, 0.6) is 11.8 Å². The molecule has 0 aliphatic carbocycles. The van der Waals surface area contributed by atoms with Crippen molar-refractivity contribution in [3.8, 4) is 35.2 Å². The van der Waals surface area contributed by atoms with Crippen LogP contribution in [0.25, 0.3) is 32.8 Å². The Bertz CT molecular complexity index is 1840. The number of halogens is 2. The van der Waals surface area contributed by atoms with Gasteiger partial charge >= 0.3 is 6.01 Å². The number of nitrogens with zero attached hydrogens (tertiary/aromatic N) is 4. The van der Waals surface area contributed by atoms with Crippen LogP contribution in [0, 0.1) is 29.4 Å². The Labute approximate surface area is 255 Å². The van der Waals surface area contributed by atoms with Gasteiger partial charge in [-0.05, 0) is 86.8 Å². The average Bonchev–Trinajstić information content (AvgIpc) is 3.60. The lowest BCUT2D eigenvalue weighted by Crippen LogP contribution is -2.61. The number of hydrogen-bond acceptors (Lipinski definition) is 7. The van der Waals surface area contributed by atoms with Gasteiger partial charge in [-0.1, -0.05) is 18.1 Å². The Hall–Kier alpha value is -4.00. The zero-order valence-electron chi connectivity index (χ0n) is 24.6. The van der Waals surface area contributed by atoms with Gasteiger partial charge in [-0.2, -0.15) is 9.97 Å². The first-order chi connectivity index (χ1) is 21.4. The molecule has 0 atom stereocenters. The first-order valence-corrected chi connectivity index (χ1v) is 15.6. The SMILES string of the molecule is C#Cc1c(F)ccc2cc(O)cc(-c3ccc4c(N5CCCC6(CNC6)C5)nc(OCC56CCCN5CCC6)nc4c3F)c12. The van der Waals surface area contributed by atoms with Crippen molar-refractivity contribution in [3.63, 3.8) is 0 Å². The van der Waals surface area contributed by atoms with Gasteiger partial charge in [0.25, 0.3) is 0 Å². The largest absolute Gasteiger partial charge is 0.508 e. The molecule has 9 heteroatoms. The van der Waals surface area contributed by atoms with Gasteiger partial charge in [0.15, 0.2) is 5.82 Å². The summed E-state index contributed by atoms with van der Waals surface area (Å²) in [4.78, 5) is 14.4. The third-order valence-electron chi connectivity index (χ3n) is 10.5. The van der Waals surface area contributed by atoms with Crippen LogP contribution in [-0.4, -0.2) is 71.4 Å². The van der Waals surface area contributed by atoms with E-state index in [1.807, 2.05) is 6.07 Å². The smallest absolute Gasteiger partial charge is 0.319 e. The highest BCUT2D eigenvalue weighted by Gasteiger charge is 2.45. The van der Waals surface area contributed by atoms with E-state index in [-0.39, 0.29) is 39.4 Å². The number of phenols is 1. The molecule has 4 fully saturated rings. The highest BCUT2D eigenvalue weighted by Crippen LogP contribution is 2.43. The number of fused-ring (bicyclic) bond motifs is 3. The molecular formula is C35H35F2N5O2. The number of hydrogen-bond donors (Lipinski definition) is 2. The molecule has 0 unspecified atom stereocenters. The summed E-state index contributed by atoms with van der Waals surface area (Å²) >= 11 is 0. The van der Waals surface area contributed by atoms with Crippen LogP contribution in [0.4, 0.5) is 14.6 Å². The number of rotatable bonds is 5. The second-order valence-electron chi connectivity index (χ2n) is 13.1. The highest BCUT2D eigenvalue weighted by atomic mass is 19.1. The lowest BCUT2D eigenvalue weighted by Gasteiger charge is -2.49. The molecule has 1 spiro atoms. The third-order valence-corrected chi connectivity index (χ3v) is 10.5. The lowest BCUT2D eigenvalue weighted by atomic mass is 9.75. The second-order valence-corrected chi connectivity index (χ2v) is 13.1. The summed E-state index contributed by atoms with van der Waals surface area (Å²) in [7, 11) is 0. The molecule has 4 aliphatic heterocycles. The van der Waals surface area contributed by atoms with Crippen molar-refractivity contribution >= 4 is 27.5 Å². The number of benzene rings is 3. The van der Waals surface area contributed by atoms with Gasteiger partial charge in [-0.25, -0.2) is 8.78 Å². The van der Waals surface area contributed by atoms with Gasteiger partial charge < -0.3 is 20.1 Å². The minimum atomic E-state index is -0.589. The Morgan fingerprint density at radius 1 is 0.977 bits per heavy atom. The number of piperidine rings is 1. The maximum atomic E-state index is 16.9. The molecule has 7 nitrogen and oxygen atoms in total. The number of nitrogens with one attached hydrogen (secondary N) is 1. The maximum Gasteiger partial charge on any atom is 0.319 e. The van der Waals surface area contributed by atoms with Crippen LogP contribution in [0.3, 0.4) is 0 Å². The molecule has 4 aliphatic rings. The first-order valence-electron chi connectivity index (χ1n) is 15.6. The van der Waals surface area contributed by atoms with E-state index in [0.29, 0.717) is 34.1 Å². The van der Waals surface area contributed by atoms with Crippen molar-refractivity contribution in [1.29, 1.82) is 0 Å². The van der Waals surface area contributed by atoms with Crippen LogP contribution in [-0.2, 0) is 0 Å². The molecular weight excluding hydrogens is 560 g/mol. The van der Waals surface area contributed by atoms with E-state index in [0.717, 1.165) is 77.8 Å². The summed E-state index contributed by atoms with van der Waals surface area (Å²) in [5.74, 6) is 1.86. The summed E-state index contributed by atoms with van der Waals surface area (Å²) in [5.41, 5.74) is 0.814. The number of terminal acetylenes is 1. The third kappa shape index (κ3) is 4.30. The van der Waals surface area contributed by atoms with Crippen molar-refractivity contribution in [2.24, 2.45) is 5.41 Å². The molecule has 0 saturated carbocycles. The van der Waals surface area contributed by atoms with Crippen molar-refractivity contribution in [2.45, 2.75) is 44.1 Å². The molecule has 1 aromatic heterocycles. The van der Waals surface area contributed by atoms with Crippen LogP contribution >= 0.6 is 0 Å². The highest BCUT2D eigenvalue weighted by molar-refractivity contribution is 6.04. The number of aromatic nitrogens is 2.